The van der Waals surface area contributed by atoms with Crippen molar-refractivity contribution in [3.05, 3.63) is 0 Å². The SMILES string of the molecule is NC1CCC(N2CC(C(F)F)C2)CC1. The van der Waals surface area contributed by atoms with Crippen molar-refractivity contribution in [3.63, 3.8) is 0 Å². The van der Waals surface area contributed by atoms with Gasteiger partial charge in [0, 0.05) is 31.1 Å². The first-order valence-corrected chi connectivity index (χ1v) is 5.44. The van der Waals surface area contributed by atoms with Crippen molar-refractivity contribution in [3.8, 4) is 0 Å². The molecule has 1 saturated heterocycles. The Hall–Kier alpha value is -0.220. The molecule has 0 atom stereocenters. The van der Waals surface area contributed by atoms with Gasteiger partial charge >= 0.3 is 0 Å². The van der Waals surface area contributed by atoms with Crippen molar-refractivity contribution >= 4 is 0 Å². The Morgan fingerprint density at radius 1 is 1.07 bits per heavy atom. The zero-order chi connectivity index (χ0) is 10.1. The van der Waals surface area contributed by atoms with E-state index in [1.807, 2.05) is 0 Å². The van der Waals surface area contributed by atoms with Crippen LogP contribution in [0, 0.1) is 5.92 Å². The Morgan fingerprint density at radius 2 is 1.64 bits per heavy atom. The number of nitrogens with two attached hydrogens (primary N) is 1. The molecule has 1 aliphatic heterocycles. The third-order valence-corrected chi connectivity index (χ3v) is 3.55. The van der Waals surface area contributed by atoms with Gasteiger partial charge in [-0.15, -0.1) is 0 Å². The lowest BCUT2D eigenvalue weighted by Gasteiger charge is -2.46. The van der Waals surface area contributed by atoms with Crippen LogP contribution in [0.3, 0.4) is 0 Å². The molecule has 1 heterocycles. The highest BCUT2D eigenvalue weighted by atomic mass is 19.3. The highest BCUT2D eigenvalue weighted by Crippen LogP contribution is 2.30. The summed E-state index contributed by atoms with van der Waals surface area (Å²) in [7, 11) is 0. The van der Waals surface area contributed by atoms with Crippen molar-refractivity contribution in [2.75, 3.05) is 13.1 Å². The molecular formula is C10H18F2N2. The maximum atomic E-state index is 12.2. The highest BCUT2D eigenvalue weighted by molar-refractivity contribution is 4.89. The third-order valence-electron chi connectivity index (χ3n) is 3.55. The monoisotopic (exact) mass is 204 g/mol. The average molecular weight is 204 g/mol. The van der Waals surface area contributed by atoms with Crippen LogP contribution >= 0.6 is 0 Å². The molecule has 2 N–H and O–H groups in total. The second-order valence-electron chi connectivity index (χ2n) is 4.62. The molecule has 0 amide bonds. The smallest absolute Gasteiger partial charge is 0.243 e. The summed E-state index contributed by atoms with van der Waals surface area (Å²) >= 11 is 0. The molecule has 14 heavy (non-hydrogen) atoms. The molecule has 0 aromatic heterocycles. The summed E-state index contributed by atoms with van der Waals surface area (Å²) in [4.78, 5) is 2.20. The van der Waals surface area contributed by atoms with Crippen LogP contribution in [0.1, 0.15) is 25.7 Å². The zero-order valence-electron chi connectivity index (χ0n) is 8.33. The highest BCUT2D eigenvalue weighted by Gasteiger charge is 2.38. The fourth-order valence-corrected chi connectivity index (χ4v) is 2.47. The summed E-state index contributed by atoms with van der Waals surface area (Å²) in [6.45, 7) is 1.19. The Kier molecular flexibility index (Phi) is 3.02. The van der Waals surface area contributed by atoms with E-state index >= 15 is 0 Å². The van der Waals surface area contributed by atoms with Crippen molar-refractivity contribution in [1.29, 1.82) is 0 Å². The molecular weight excluding hydrogens is 186 g/mol. The van der Waals surface area contributed by atoms with Crippen LogP contribution in [-0.4, -0.2) is 36.5 Å². The minimum atomic E-state index is -2.13. The van der Waals surface area contributed by atoms with E-state index in [1.165, 1.54) is 0 Å². The first kappa shape index (κ1) is 10.3. The van der Waals surface area contributed by atoms with Gasteiger partial charge in [0.15, 0.2) is 0 Å². The van der Waals surface area contributed by atoms with E-state index < -0.39 is 6.43 Å². The fourth-order valence-electron chi connectivity index (χ4n) is 2.47. The van der Waals surface area contributed by atoms with Crippen LogP contribution in [0.2, 0.25) is 0 Å². The first-order valence-electron chi connectivity index (χ1n) is 5.44. The van der Waals surface area contributed by atoms with Crippen molar-refractivity contribution in [1.82, 2.24) is 4.90 Å². The summed E-state index contributed by atoms with van der Waals surface area (Å²) in [5, 5.41) is 0. The van der Waals surface area contributed by atoms with Crippen molar-refractivity contribution in [2.45, 2.75) is 44.2 Å². The average Bonchev–Trinajstić information content (AvgIpc) is 2.05. The van der Waals surface area contributed by atoms with Gasteiger partial charge in [0.1, 0.15) is 0 Å². The fraction of sp³-hybridized carbons (Fsp3) is 1.00. The molecule has 4 heteroatoms. The molecule has 2 aliphatic rings. The van der Waals surface area contributed by atoms with E-state index in [-0.39, 0.29) is 5.92 Å². The molecule has 0 spiro atoms. The molecule has 0 bridgehead atoms. The van der Waals surface area contributed by atoms with Gasteiger partial charge in [-0.05, 0) is 25.7 Å². The van der Waals surface area contributed by atoms with Crippen molar-refractivity contribution < 1.29 is 8.78 Å². The van der Waals surface area contributed by atoms with Gasteiger partial charge < -0.3 is 5.73 Å². The number of nitrogens with zero attached hydrogens (tertiary/aromatic N) is 1. The zero-order valence-corrected chi connectivity index (χ0v) is 8.33. The second kappa shape index (κ2) is 4.11. The number of rotatable bonds is 2. The van der Waals surface area contributed by atoms with Crippen LogP contribution in [0.15, 0.2) is 0 Å². The van der Waals surface area contributed by atoms with E-state index in [4.69, 9.17) is 5.73 Å². The Labute approximate surface area is 83.4 Å². The normalized spacial score (nSPS) is 36.0. The Bertz CT molecular complexity index is 185. The molecule has 2 fully saturated rings. The topological polar surface area (TPSA) is 29.3 Å². The summed E-state index contributed by atoms with van der Waals surface area (Å²) < 4.78 is 24.5. The molecule has 1 aliphatic carbocycles. The molecule has 0 radical (unpaired) electrons. The second-order valence-corrected chi connectivity index (χ2v) is 4.62. The predicted molar refractivity (Wildman–Crippen MR) is 51.3 cm³/mol. The van der Waals surface area contributed by atoms with Gasteiger partial charge in [0.05, 0.1) is 0 Å². The van der Waals surface area contributed by atoms with Gasteiger partial charge in [-0.3, -0.25) is 4.90 Å². The number of likely N-dealkylation sites (tertiary alicyclic amines) is 1. The van der Waals surface area contributed by atoms with Gasteiger partial charge in [-0.2, -0.15) is 0 Å². The molecule has 0 aromatic rings. The first-order chi connectivity index (χ1) is 6.66. The van der Waals surface area contributed by atoms with Crippen LogP contribution in [0.25, 0.3) is 0 Å². The third kappa shape index (κ3) is 2.06. The van der Waals surface area contributed by atoms with E-state index in [0.29, 0.717) is 25.2 Å². The summed E-state index contributed by atoms with van der Waals surface area (Å²) in [5.74, 6) is -0.370. The summed E-state index contributed by atoms with van der Waals surface area (Å²) in [6.07, 6.45) is 2.17. The van der Waals surface area contributed by atoms with Crippen LogP contribution < -0.4 is 5.73 Å². The largest absolute Gasteiger partial charge is 0.328 e. The van der Waals surface area contributed by atoms with E-state index in [1.54, 1.807) is 0 Å². The van der Waals surface area contributed by atoms with Crippen LogP contribution in [0.5, 0.6) is 0 Å². The van der Waals surface area contributed by atoms with Crippen molar-refractivity contribution in [2.24, 2.45) is 11.7 Å². The maximum absolute atomic E-state index is 12.2. The predicted octanol–water partition coefficient (Wildman–Crippen LogP) is 1.45. The van der Waals surface area contributed by atoms with E-state index in [2.05, 4.69) is 4.90 Å². The van der Waals surface area contributed by atoms with E-state index in [9.17, 15) is 8.78 Å². The van der Waals surface area contributed by atoms with Crippen LogP contribution in [0.4, 0.5) is 8.78 Å². The van der Waals surface area contributed by atoms with Gasteiger partial charge in [0.25, 0.3) is 0 Å². The lowest BCUT2D eigenvalue weighted by molar-refractivity contribution is -0.0511. The van der Waals surface area contributed by atoms with Gasteiger partial charge in [-0.1, -0.05) is 0 Å². The molecule has 2 rings (SSSR count). The van der Waals surface area contributed by atoms with Crippen LogP contribution in [-0.2, 0) is 0 Å². The minimum Gasteiger partial charge on any atom is -0.328 e. The summed E-state index contributed by atoms with van der Waals surface area (Å²) in [6, 6.07) is 0.878. The molecule has 1 saturated carbocycles. The summed E-state index contributed by atoms with van der Waals surface area (Å²) in [5.41, 5.74) is 5.79. The quantitative estimate of drug-likeness (QED) is 0.737. The number of hydrogen-bond donors (Lipinski definition) is 1. The van der Waals surface area contributed by atoms with E-state index in [0.717, 1.165) is 25.7 Å². The molecule has 2 nitrogen and oxygen atoms in total. The standard InChI is InChI=1S/C10H18F2N2/c11-10(12)7-5-14(6-7)9-3-1-8(13)2-4-9/h7-10H,1-6,13H2. The number of alkyl halides is 2. The Morgan fingerprint density at radius 3 is 2.14 bits per heavy atom. The number of halogens is 2. The van der Waals surface area contributed by atoms with Gasteiger partial charge in [0.2, 0.25) is 6.43 Å². The molecule has 82 valence electrons. The molecule has 0 aromatic carbocycles. The maximum Gasteiger partial charge on any atom is 0.243 e. The minimum absolute atomic E-state index is 0.346. The van der Waals surface area contributed by atoms with Gasteiger partial charge in [-0.25, -0.2) is 8.78 Å². The molecule has 0 unspecified atom stereocenters. The lowest BCUT2D eigenvalue weighted by Crippen LogP contribution is -2.55. The lowest BCUT2D eigenvalue weighted by atomic mass is 9.87. The number of hydrogen-bond acceptors (Lipinski definition) is 2. The Balaban J connectivity index is 1.72.